The summed E-state index contributed by atoms with van der Waals surface area (Å²) in [5.41, 5.74) is 3.08. The largest absolute Gasteiger partial charge is 0.352 e. The van der Waals surface area contributed by atoms with Gasteiger partial charge in [0.05, 0.1) is 5.75 Å². The van der Waals surface area contributed by atoms with Crippen molar-refractivity contribution in [1.82, 2.24) is 10.2 Å². The molecular formula is C29H33ClN2O2S. The number of thioether (sulfide) groups is 1. The van der Waals surface area contributed by atoms with Crippen LogP contribution in [0.15, 0.2) is 84.9 Å². The fraction of sp³-hybridized carbons (Fsp3) is 0.310. The Morgan fingerprint density at radius 2 is 1.54 bits per heavy atom. The maximum absolute atomic E-state index is 13.6. The van der Waals surface area contributed by atoms with Crippen molar-refractivity contribution in [3.05, 3.63) is 107 Å². The molecule has 3 rings (SSSR count). The van der Waals surface area contributed by atoms with Gasteiger partial charge in [-0.15, -0.1) is 11.8 Å². The maximum atomic E-state index is 13.6. The van der Waals surface area contributed by atoms with Gasteiger partial charge in [-0.3, -0.25) is 9.59 Å². The minimum Gasteiger partial charge on any atom is -0.352 e. The van der Waals surface area contributed by atoms with E-state index in [0.29, 0.717) is 18.0 Å². The van der Waals surface area contributed by atoms with Gasteiger partial charge in [0.25, 0.3) is 0 Å². The highest BCUT2D eigenvalue weighted by molar-refractivity contribution is 7.99. The number of nitrogens with one attached hydrogen (secondary N) is 1. The number of amides is 2. The summed E-state index contributed by atoms with van der Waals surface area (Å²) in [7, 11) is 0. The van der Waals surface area contributed by atoms with Crippen LogP contribution in [-0.2, 0) is 28.3 Å². The molecular weight excluding hydrogens is 476 g/mol. The highest BCUT2D eigenvalue weighted by Gasteiger charge is 2.30. The molecule has 0 bridgehead atoms. The van der Waals surface area contributed by atoms with Gasteiger partial charge in [-0.2, -0.15) is 0 Å². The Hall–Kier alpha value is -2.76. The second-order valence-electron chi connectivity index (χ2n) is 8.65. The van der Waals surface area contributed by atoms with Gasteiger partial charge in [0.15, 0.2) is 0 Å². The SMILES string of the molecule is CC[C@H](C)NC(=O)[C@H](Cc1ccccc1)N(Cc1cccc(Cl)c1)C(=O)CSCc1ccccc1. The molecule has 0 aromatic heterocycles. The summed E-state index contributed by atoms with van der Waals surface area (Å²) in [5.74, 6) is 0.829. The molecule has 0 fully saturated rings. The van der Waals surface area contributed by atoms with E-state index in [9.17, 15) is 9.59 Å². The Labute approximate surface area is 218 Å². The van der Waals surface area contributed by atoms with Gasteiger partial charge in [0.1, 0.15) is 6.04 Å². The Kier molecular flexibility index (Phi) is 10.7. The molecule has 0 saturated carbocycles. The molecule has 1 N–H and O–H groups in total. The van der Waals surface area contributed by atoms with Gasteiger partial charge < -0.3 is 10.2 Å². The Bertz CT molecular complexity index is 1080. The second-order valence-corrected chi connectivity index (χ2v) is 10.1. The molecule has 2 amide bonds. The first-order valence-corrected chi connectivity index (χ1v) is 13.5. The van der Waals surface area contributed by atoms with Gasteiger partial charge in [-0.25, -0.2) is 0 Å². The summed E-state index contributed by atoms with van der Waals surface area (Å²) in [6.45, 7) is 4.33. The third kappa shape index (κ3) is 8.75. The van der Waals surface area contributed by atoms with Crippen molar-refractivity contribution in [2.45, 2.75) is 51.1 Å². The van der Waals surface area contributed by atoms with E-state index in [-0.39, 0.29) is 23.6 Å². The van der Waals surface area contributed by atoms with Crippen molar-refractivity contribution in [1.29, 1.82) is 0 Å². The van der Waals surface area contributed by atoms with Gasteiger partial charge in [-0.05, 0) is 42.2 Å². The van der Waals surface area contributed by atoms with Crippen molar-refractivity contribution < 1.29 is 9.59 Å². The standard InChI is InChI=1S/C29H33ClN2O2S/c1-3-22(2)31-29(34)27(18-23-11-6-4-7-12-23)32(19-25-15-10-16-26(30)17-25)28(33)21-35-20-24-13-8-5-9-14-24/h4-17,22,27H,3,18-21H2,1-2H3,(H,31,34)/t22-,27-/m0/s1. The predicted molar refractivity (Wildman–Crippen MR) is 146 cm³/mol. The molecule has 0 spiro atoms. The number of nitrogens with zero attached hydrogens (tertiary/aromatic N) is 1. The van der Waals surface area contributed by atoms with E-state index in [2.05, 4.69) is 17.4 Å². The lowest BCUT2D eigenvalue weighted by atomic mass is 10.0. The lowest BCUT2D eigenvalue weighted by Crippen LogP contribution is -2.52. The third-order valence-corrected chi connectivity index (χ3v) is 7.07. The molecule has 6 heteroatoms. The molecule has 35 heavy (non-hydrogen) atoms. The molecule has 0 aliphatic carbocycles. The number of rotatable bonds is 12. The van der Waals surface area contributed by atoms with E-state index in [1.807, 2.05) is 86.6 Å². The first-order valence-electron chi connectivity index (χ1n) is 12.0. The summed E-state index contributed by atoms with van der Waals surface area (Å²) < 4.78 is 0. The zero-order valence-electron chi connectivity index (χ0n) is 20.3. The molecule has 184 valence electrons. The summed E-state index contributed by atoms with van der Waals surface area (Å²) in [6, 6.07) is 26.8. The average molecular weight is 509 g/mol. The highest BCUT2D eigenvalue weighted by Crippen LogP contribution is 2.20. The highest BCUT2D eigenvalue weighted by atomic mass is 35.5. The number of hydrogen-bond donors (Lipinski definition) is 1. The van der Waals surface area contributed by atoms with Crippen LogP contribution in [0.1, 0.15) is 37.0 Å². The molecule has 2 atom stereocenters. The molecule has 0 heterocycles. The van der Waals surface area contributed by atoms with E-state index in [4.69, 9.17) is 11.6 Å². The molecule has 3 aromatic rings. The lowest BCUT2D eigenvalue weighted by molar-refractivity contribution is -0.139. The van der Waals surface area contributed by atoms with Crippen molar-refractivity contribution in [3.8, 4) is 0 Å². The average Bonchev–Trinajstić information content (AvgIpc) is 2.87. The number of benzene rings is 3. The lowest BCUT2D eigenvalue weighted by Gasteiger charge is -2.32. The number of carbonyl (C=O) groups excluding carboxylic acids is 2. The fourth-order valence-corrected chi connectivity index (χ4v) is 4.82. The molecule has 0 aliphatic heterocycles. The minimum absolute atomic E-state index is 0.0244. The van der Waals surface area contributed by atoms with Crippen molar-refractivity contribution in [2.75, 3.05) is 5.75 Å². The first-order chi connectivity index (χ1) is 17.0. The van der Waals surface area contributed by atoms with E-state index < -0.39 is 6.04 Å². The monoisotopic (exact) mass is 508 g/mol. The number of carbonyl (C=O) groups is 2. The van der Waals surface area contributed by atoms with Crippen LogP contribution in [0.2, 0.25) is 5.02 Å². The van der Waals surface area contributed by atoms with Crippen LogP contribution >= 0.6 is 23.4 Å². The van der Waals surface area contributed by atoms with E-state index in [1.165, 1.54) is 5.56 Å². The quantitative estimate of drug-likeness (QED) is 0.320. The van der Waals surface area contributed by atoms with Crippen LogP contribution in [0.3, 0.4) is 0 Å². The number of halogens is 1. The van der Waals surface area contributed by atoms with Crippen LogP contribution in [0, 0.1) is 0 Å². The smallest absolute Gasteiger partial charge is 0.243 e. The summed E-state index contributed by atoms with van der Waals surface area (Å²) in [5, 5.41) is 3.71. The third-order valence-electron chi connectivity index (χ3n) is 5.85. The molecule has 0 saturated heterocycles. The zero-order chi connectivity index (χ0) is 25.0. The molecule has 0 aliphatic rings. The van der Waals surface area contributed by atoms with E-state index in [1.54, 1.807) is 16.7 Å². The van der Waals surface area contributed by atoms with E-state index >= 15 is 0 Å². The van der Waals surface area contributed by atoms with Crippen molar-refractivity contribution in [3.63, 3.8) is 0 Å². The van der Waals surface area contributed by atoms with Gasteiger partial charge >= 0.3 is 0 Å². The van der Waals surface area contributed by atoms with Gasteiger partial charge in [0, 0.05) is 29.8 Å². The van der Waals surface area contributed by atoms with Crippen LogP contribution in [-0.4, -0.2) is 34.6 Å². The Balaban J connectivity index is 1.86. The van der Waals surface area contributed by atoms with Crippen LogP contribution in [0.25, 0.3) is 0 Å². The maximum Gasteiger partial charge on any atom is 0.243 e. The molecule has 0 unspecified atom stereocenters. The normalized spacial score (nSPS) is 12.5. The zero-order valence-corrected chi connectivity index (χ0v) is 21.9. The Morgan fingerprint density at radius 1 is 0.914 bits per heavy atom. The van der Waals surface area contributed by atoms with Crippen LogP contribution in [0.4, 0.5) is 0 Å². The number of hydrogen-bond acceptors (Lipinski definition) is 3. The predicted octanol–water partition coefficient (Wildman–Crippen LogP) is 6.13. The molecule has 0 radical (unpaired) electrons. The second kappa shape index (κ2) is 14.0. The van der Waals surface area contributed by atoms with Crippen LogP contribution < -0.4 is 5.32 Å². The fourth-order valence-electron chi connectivity index (χ4n) is 3.74. The van der Waals surface area contributed by atoms with Crippen molar-refractivity contribution >= 4 is 35.2 Å². The summed E-state index contributed by atoms with van der Waals surface area (Å²) >= 11 is 7.79. The summed E-state index contributed by atoms with van der Waals surface area (Å²) in [6.07, 6.45) is 1.26. The Morgan fingerprint density at radius 3 is 2.17 bits per heavy atom. The topological polar surface area (TPSA) is 49.4 Å². The molecule has 3 aromatic carbocycles. The van der Waals surface area contributed by atoms with E-state index in [0.717, 1.165) is 23.3 Å². The first kappa shape index (κ1) is 26.8. The molecule has 4 nitrogen and oxygen atoms in total. The van der Waals surface area contributed by atoms with Gasteiger partial charge in [-0.1, -0.05) is 91.3 Å². The van der Waals surface area contributed by atoms with Crippen LogP contribution in [0.5, 0.6) is 0 Å². The van der Waals surface area contributed by atoms with Crippen molar-refractivity contribution in [2.24, 2.45) is 0 Å². The van der Waals surface area contributed by atoms with Gasteiger partial charge in [0.2, 0.25) is 11.8 Å². The minimum atomic E-state index is -0.629. The summed E-state index contributed by atoms with van der Waals surface area (Å²) in [4.78, 5) is 28.8.